The van der Waals surface area contributed by atoms with Crippen molar-refractivity contribution in [2.75, 3.05) is 17.7 Å². The zero-order valence-corrected chi connectivity index (χ0v) is 13.0. The number of aromatic nitrogens is 2. The summed E-state index contributed by atoms with van der Waals surface area (Å²) < 4.78 is 5.15. The molecule has 1 aromatic carbocycles. The highest BCUT2D eigenvalue weighted by molar-refractivity contribution is 7.15. The number of amides is 1. The summed E-state index contributed by atoms with van der Waals surface area (Å²) in [6.45, 7) is 3.79. The van der Waals surface area contributed by atoms with Gasteiger partial charge in [0.25, 0.3) is 0 Å². The number of methoxy groups -OCH3 is 1. The van der Waals surface area contributed by atoms with Crippen LogP contribution in [0.25, 0.3) is 0 Å². The van der Waals surface area contributed by atoms with Crippen LogP contribution in [0.2, 0.25) is 0 Å². The lowest BCUT2D eigenvalue weighted by Gasteiger charge is -2.14. The molecule has 1 heterocycles. The molecule has 0 aliphatic heterocycles. The highest BCUT2D eigenvalue weighted by atomic mass is 32.1. The molecule has 6 nitrogen and oxygen atoms in total. The maximum absolute atomic E-state index is 12.1. The first-order chi connectivity index (χ1) is 10.1. The normalized spacial score (nSPS) is 11.8. The topological polar surface area (TPSA) is 76.1 Å². The van der Waals surface area contributed by atoms with E-state index < -0.39 is 6.04 Å². The second kappa shape index (κ2) is 7.03. The molecule has 0 aliphatic rings. The SMILES string of the molecule is CCc1nnc(NC(=O)[C@@H](C)Nc2cccc(OC)c2)s1. The van der Waals surface area contributed by atoms with Crippen LogP contribution in [0.4, 0.5) is 10.8 Å². The number of ether oxygens (including phenoxy) is 1. The third-order valence-electron chi connectivity index (χ3n) is 2.85. The van der Waals surface area contributed by atoms with Crippen molar-refractivity contribution in [2.45, 2.75) is 26.3 Å². The number of nitrogens with zero attached hydrogens (tertiary/aromatic N) is 2. The average Bonchev–Trinajstić information content (AvgIpc) is 2.95. The Hall–Kier alpha value is -2.15. The first kappa shape index (κ1) is 15.2. The Labute approximate surface area is 127 Å². The highest BCUT2D eigenvalue weighted by Crippen LogP contribution is 2.19. The predicted octanol–water partition coefficient (Wildman–Crippen LogP) is 2.55. The average molecular weight is 306 g/mol. The monoisotopic (exact) mass is 306 g/mol. The van der Waals surface area contributed by atoms with Crippen LogP contribution in [-0.4, -0.2) is 29.3 Å². The summed E-state index contributed by atoms with van der Waals surface area (Å²) in [7, 11) is 1.61. The van der Waals surface area contributed by atoms with Gasteiger partial charge in [-0.2, -0.15) is 0 Å². The molecule has 1 atom stereocenters. The maximum Gasteiger partial charge on any atom is 0.248 e. The quantitative estimate of drug-likeness (QED) is 0.857. The first-order valence-electron chi connectivity index (χ1n) is 6.66. The van der Waals surface area contributed by atoms with E-state index in [1.807, 2.05) is 31.2 Å². The van der Waals surface area contributed by atoms with Gasteiger partial charge in [0.15, 0.2) is 0 Å². The van der Waals surface area contributed by atoms with Crippen molar-refractivity contribution in [3.8, 4) is 5.75 Å². The fourth-order valence-electron chi connectivity index (χ4n) is 1.69. The fraction of sp³-hybridized carbons (Fsp3) is 0.357. The minimum Gasteiger partial charge on any atom is -0.497 e. The number of carbonyl (C=O) groups excluding carboxylic acids is 1. The maximum atomic E-state index is 12.1. The molecule has 2 N–H and O–H groups in total. The van der Waals surface area contributed by atoms with E-state index in [1.165, 1.54) is 11.3 Å². The smallest absolute Gasteiger partial charge is 0.248 e. The Morgan fingerprint density at radius 3 is 2.90 bits per heavy atom. The predicted molar refractivity (Wildman–Crippen MR) is 84.0 cm³/mol. The molecule has 0 saturated heterocycles. The van der Waals surface area contributed by atoms with Gasteiger partial charge in [-0.1, -0.05) is 24.3 Å². The summed E-state index contributed by atoms with van der Waals surface area (Å²) in [6, 6.07) is 7.04. The second-order valence-electron chi connectivity index (χ2n) is 4.44. The molecule has 21 heavy (non-hydrogen) atoms. The number of hydrogen-bond acceptors (Lipinski definition) is 6. The molecule has 0 aliphatic carbocycles. The number of carbonyl (C=O) groups is 1. The largest absolute Gasteiger partial charge is 0.497 e. The minimum atomic E-state index is -0.397. The second-order valence-corrected chi connectivity index (χ2v) is 5.50. The first-order valence-corrected chi connectivity index (χ1v) is 7.48. The van der Waals surface area contributed by atoms with E-state index in [4.69, 9.17) is 4.74 Å². The Morgan fingerprint density at radius 1 is 1.43 bits per heavy atom. The van der Waals surface area contributed by atoms with Gasteiger partial charge in [-0.05, 0) is 25.5 Å². The molecule has 1 amide bonds. The van der Waals surface area contributed by atoms with Gasteiger partial charge in [0.05, 0.1) is 7.11 Å². The van der Waals surface area contributed by atoms with Crippen LogP contribution < -0.4 is 15.4 Å². The van der Waals surface area contributed by atoms with Crippen LogP contribution >= 0.6 is 11.3 Å². The molecule has 2 rings (SSSR count). The molecule has 0 spiro atoms. The van der Waals surface area contributed by atoms with Crippen LogP contribution in [-0.2, 0) is 11.2 Å². The minimum absolute atomic E-state index is 0.156. The van der Waals surface area contributed by atoms with Crippen molar-refractivity contribution in [1.29, 1.82) is 0 Å². The molecular weight excluding hydrogens is 288 g/mol. The van der Waals surface area contributed by atoms with Crippen LogP contribution in [0, 0.1) is 0 Å². The Morgan fingerprint density at radius 2 is 2.24 bits per heavy atom. The fourth-order valence-corrected chi connectivity index (χ4v) is 2.37. The summed E-state index contributed by atoms with van der Waals surface area (Å²) in [5.74, 6) is 0.584. The number of anilines is 2. The van der Waals surface area contributed by atoms with Gasteiger partial charge in [0, 0.05) is 11.8 Å². The van der Waals surface area contributed by atoms with Crippen LogP contribution in [0.5, 0.6) is 5.75 Å². The molecule has 0 saturated carbocycles. The molecule has 2 aromatic rings. The lowest BCUT2D eigenvalue weighted by atomic mass is 10.2. The van der Waals surface area contributed by atoms with Gasteiger partial charge in [0.1, 0.15) is 16.8 Å². The summed E-state index contributed by atoms with van der Waals surface area (Å²) in [5, 5.41) is 15.2. The van der Waals surface area contributed by atoms with E-state index in [-0.39, 0.29) is 5.91 Å². The number of benzene rings is 1. The Kier molecular flexibility index (Phi) is 5.10. The van der Waals surface area contributed by atoms with Crippen molar-refractivity contribution in [1.82, 2.24) is 10.2 Å². The standard InChI is InChI=1S/C14H18N4O2S/c1-4-12-17-18-14(21-12)16-13(19)9(2)15-10-6-5-7-11(8-10)20-3/h5-9,15H,4H2,1-3H3,(H,16,18,19)/t9-/m1/s1. The summed E-state index contributed by atoms with van der Waals surface area (Å²) in [4.78, 5) is 12.1. The molecule has 0 unspecified atom stereocenters. The van der Waals surface area contributed by atoms with Gasteiger partial charge < -0.3 is 10.1 Å². The summed E-state index contributed by atoms with van der Waals surface area (Å²) in [6.07, 6.45) is 0.811. The van der Waals surface area contributed by atoms with Crippen molar-refractivity contribution >= 4 is 28.1 Å². The molecule has 0 fully saturated rings. The summed E-state index contributed by atoms with van der Waals surface area (Å²) in [5.41, 5.74) is 0.823. The lowest BCUT2D eigenvalue weighted by molar-refractivity contribution is -0.116. The molecular formula is C14H18N4O2S. The number of rotatable bonds is 6. The molecule has 7 heteroatoms. The zero-order chi connectivity index (χ0) is 15.2. The van der Waals surface area contributed by atoms with Gasteiger partial charge in [-0.3, -0.25) is 10.1 Å². The van der Waals surface area contributed by atoms with E-state index in [2.05, 4.69) is 20.8 Å². The Balaban J connectivity index is 1.95. The van der Waals surface area contributed by atoms with E-state index in [0.29, 0.717) is 5.13 Å². The number of hydrogen-bond donors (Lipinski definition) is 2. The molecule has 112 valence electrons. The van der Waals surface area contributed by atoms with Gasteiger partial charge in [-0.15, -0.1) is 10.2 Å². The van der Waals surface area contributed by atoms with Crippen LogP contribution in [0.1, 0.15) is 18.9 Å². The van der Waals surface area contributed by atoms with Gasteiger partial charge >= 0.3 is 0 Å². The third kappa shape index (κ3) is 4.16. The van der Waals surface area contributed by atoms with Crippen LogP contribution in [0.15, 0.2) is 24.3 Å². The number of aryl methyl sites for hydroxylation is 1. The third-order valence-corrected chi connectivity index (χ3v) is 3.83. The van der Waals surface area contributed by atoms with Gasteiger partial charge in [-0.25, -0.2) is 0 Å². The van der Waals surface area contributed by atoms with E-state index in [0.717, 1.165) is 22.9 Å². The van der Waals surface area contributed by atoms with E-state index in [1.54, 1.807) is 14.0 Å². The van der Waals surface area contributed by atoms with E-state index in [9.17, 15) is 4.79 Å². The number of nitrogens with one attached hydrogen (secondary N) is 2. The lowest BCUT2D eigenvalue weighted by Crippen LogP contribution is -2.31. The molecule has 0 bridgehead atoms. The van der Waals surface area contributed by atoms with Crippen molar-refractivity contribution in [3.05, 3.63) is 29.3 Å². The highest BCUT2D eigenvalue weighted by Gasteiger charge is 2.15. The molecule has 1 aromatic heterocycles. The zero-order valence-electron chi connectivity index (χ0n) is 12.2. The van der Waals surface area contributed by atoms with Crippen molar-refractivity contribution in [3.63, 3.8) is 0 Å². The Bertz CT molecular complexity index is 615. The van der Waals surface area contributed by atoms with Crippen LogP contribution in [0.3, 0.4) is 0 Å². The molecule has 0 radical (unpaired) electrons. The van der Waals surface area contributed by atoms with Crippen molar-refractivity contribution in [2.24, 2.45) is 0 Å². The van der Waals surface area contributed by atoms with Gasteiger partial charge in [0.2, 0.25) is 11.0 Å². The summed E-state index contributed by atoms with van der Waals surface area (Å²) >= 11 is 1.39. The van der Waals surface area contributed by atoms with Crippen molar-refractivity contribution < 1.29 is 9.53 Å². The van der Waals surface area contributed by atoms with E-state index >= 15 is 0 Å².